The Hall–Kier alpha value is -2.38. The zero-order valence-electron chi connectivity index (χ0n) is 33.8. The minimum Gasteiger partial charge on any atom is -0.252 e. The maximum absolute atomic E-state index is 5.03. The van der Waals surface area contributed by atoms with Crippen molar-refractivity contribution in [2.24, 2.45) is 0 Å². The molecule has 6 aromatic rings. The summed E-state index contributed by atoms with van der Waals surface area (Å²) in [5.74, 6) is 0. The Morgan fingerprint density at radius 1 is 0.482 bits per heavy atom. The van der Waals surface area contributed by atoms with Gasteiger partial charge in [0.2, 0.25) is 0 Å². The van der Waals surface area contributed by atoms with Gasteiger partial charge in [0.25, 0.3) is 0 Å². The lowest BCUT2D eigenvalue weighted by Crippen LogP contribution is -1.91. The number of fused-ring (bicyclic) bond motifs is 5. The average molecular weight is 913 g/mol. The summed E-state index contributed by atoms with van der Waals surface area (Å²) in [4.78, 5) is 12.6. The van der Waals surface area contributed by atoms with Crippen molar-refractivity contribution in [1.82, 2.24) is 9.97 Å². The fourth-order valence-electron chi connectivity index (χ4n) is 8.83. The quantitative estimate of drug-likeness (QED) is 0.0565. The number of nitrogens with zero attached hydrogens (tertiary/aromatic N) is 2. The van der Waals surface area contributed by atoms with Crippen LogP contribution in [0.1, 0.15) is 153 Å². The van der Waals surface area contributed by atoms with Crippen molar-refractivity contribution in [1.29, 1.82) is 0 Å². The van der Waals surface area contributed by atoms with Crippen LogP contribution in [0.25, 0.3) is 64.9 Å². The molecule has 6 heteroatoms. The number of benzene rings is 3. The predicted octanol–water partition coefficient (Wildman–Crippen LogP) is 18.3. The molecule has 0 unspecified atom stereocenters. The Morgan fingerprint density at radius 2 is 1.00 bits per heavy atom. The summed E-state index contributed by atoms with van der Waals surface area (Å²) in [6.45, 7) is 4.59. The monoisotopic (exact) mass is 910 g/mol. The average Bonchev–Trinajstić information content (AvgIpc) is 3.88. The first-order valence-electron chi connectivity index (χ1n) is 22.0. The number of aryl methyl sites for hydroxylation is 2. The van der Waals surface area contributed by atoms with Crippen LogP contribution in [0.2, 0.25) is 0 Å². The number of rotatable bonds is 24. The van der Waals surface area contributed by atoms with E-state index in [2.05, 4.69) is 94.2 Å². The van der Waals surface area contributed by atoms with E-state index < -0.39 is 0 Å². The molecule has 3 aromatic carbocycles. The highest BCUT2D eigenvalue weighted by Gasteiger charge is 2.28. The van der Waals surface area contributed by atoms with Crippen LogP contribution in [0.4, 0.5) is 0 Å². The molecule has 7 rings (SSSR count). The van der Waals surface area contributed by atoms with E-state index in [4.69, 9.17) is 9.97 Å². The molecule has 0 radical (unpaired) electrons. The number of thiophene rings is 2. The molecule has 0 aliphatic heterocycles. The zero-order chi connectivity index (χ0) is 38.7. The molecule has 0 saturated carbocycles. The fourth-order valence-corrected chi connectivity index (χ4v) is 12.4. The van der Waals surface area contributed by atoms with Crippen LogP contribution < -0.4 is 0 Å². The molecular weight excluding hydrogens is 853 g/mol. The summed E-state index contributed by atoms with van der Waals surface area (Å²) in [5.41, 5.74) is 12.5. The summed E-state index contributed by atoms with van der Waals surface area (Å²) in [6.07, 6.45) is 33.3. The highest BCUT2D eigenvalue weighted by Crippen LogP contribution is 2.53. The molecule has 3 aromatic heterocycles. The van der Waals surface area contributed by atoms with E-state index in [1.165, 1.54) is 201 Å². The topological polar surface area (TPSA) is 25.8 Å². The lowest BCUT2D eigenvalue weighted by Gasteiger charge is -2.11. The van der Waals surface area contributed by atoms with Crippen LogP contribution in [0.5, 0.6) is 0 Å². The molecule has 1 aliphatic carbocycles. The summed E-state index contributed by atoms with van der Waals surface area (Å²) >= 11 is 11.7. The third-order valence-corrected chi connectivity index (χ3v) is 16.0. The lowest BCUT2D eigenvalue weighted by atomic mass is 9.96. The van der Waals surface area contributed by atoms with Crippen molar-refractivity contribution in [3.05, 3.63) is 79.6 Å². The van der Waals surface area contributed by atoms with Crippen LogP contribution in [-0.2, 0) is 12.8 Å². The maximum Gasteiger partial charge on any atom is 0.0980 e. The highest BCUT2D eigenvalue weighted by atomic mass is 79.9. The van der Waals surface area contributed by atoms with Gasteiger partial charge in [0.15, 0.2) is 0 Å². The van der Waals surface area contributed by atoms with Crippen molar-refractivity contribution < 1.29 is 0 Å². The molecule has 0 N–H and O–H groups in total. The summed E-state index contributed by atoms with van der Waals surface area (Å²) in [6, 6.07) is 18.9. The Balaban J connectivity index is 1.07. The fraction of sp³-hybridized carbons (Fsp3) is 0.480. The van der Waals surface area contributed by atoms with E-state index in [0.29, 0.717) is 0 Å². The first kappa shape index (κ1) is 41.8. The molecular formula is C50H60Br2N2S2. The van der Waals surface area contributed by atoms with Gasteiger partial charge in [-0.15, -0.1) is 22.7 Å². The van der Waals surface area contributed by atoms with Gasteiger partial charge < -0.3 is 0 Å². The van der Waals surface area contributed by atoms with E-state index in [0.717, 1.165) is 23.9 Å². The molecule has 296 valence electrons. The first-order valence-corrected chi connectivity index (χ1v) is 25.2. The maximum atomic E-state index is 5.03. The van der Waals surface area contributed by atoms with Crippen molar-refractivity contribution in [2.45, 2.75) is 155 Å². The smallest absolute Gasteiger partial charge is 0.0980 e. The molecule has 0 spiro atoms. The Morgan fingerprint density at radius 3 is 1.59 bits per heavy atom. The molecule has 3 heterocycles. The summed E-state index contributed by atoms with van der Waals surface area (Å²) < 4.78 is 2.54. The number of halogens is 2. The second kappa shape index (κ2) is 21.0. The van der Waals surface area contributed by atoms with Gasteiger partial charge in [0.05, 0.1) is 18.6 Å². The minimum atomic E-state index is 0.995. The first-order chi connectivity index (χ1) is 27.6. The SMILES string of the molecule is CCCCCCCCCCCCc1cc(-c2cc3c4c(cccc4c2)-c2c-3cc(-c3cc(CCCCCCCCCCCC)c(Br)s3)c3nccnc23)sc1Br. The second-order valence-electron chi connectivity index (χ2n) is 16.2. The van der Waals surface area contributed by atoms with E-state index >= 15 is 0 Å². The summed E-state index contributed by atoms with van der Waals surface area (Å²) in [5, 5.41) is 2.63. The largest absolute Gasteiger partial charge is 0.252 e. The zero-order valence-corrected chi connectivity index (χ0v) is 38.6. The van der Waals surface area contributed by atoms with Gasteiger partial charge in [-0.25, -0.2) is 0 Å². The van der Waals surface area contributed by atoms with Gasteiger partial charge in [-0.05, 0) is 132 Å². The molecule has 1 aliphatic rings. The number of hydrogen-bond donors (Lipinski definition) is 0. The van der Waals surface area contributed by atoms with Crippen molar-refractivity contribution in [3.8, 4) is 43.1 Å². The van der Waals surface area contributed by atoms with Gasteiger partial charge in [0, 0.05) is 33.3 Å². The molecule has 56 heavy (non-hydrogen) atoms. The molecule has 0 fully saturated rings. The van der Waals surface area contributed by atoms with E-state index in [1.54, 1.807) is 0 Å². The van der Waals surface area contributed by atoms with Crippen LogP contribution >= 0.6 is 54.5 Å². The number of unbranched alkanes of at least 4 members (excludes halogenated alkanes) is 18. The van der Waals surface area contributed by atoms with E-state index in [9.17, 15) is 0 Å². The highest BCUT2D eigenvalue weighted by molar-refractivity contribution is 9.11. The van der Waals surface area contributed by atoms with Crippen LogP contribution in [0, 0.1) is 0 Å². The number of aromatic nitrogens is 2. The van der Waals surface area contributed by atoms with Gasteiger partial charge in [-0.3, -0.25) is 9.97 Å². The van der Waals surface area contributed by atoms with Crippen LogP contribution in [0.15, 0.2) is 68.5 Å². The molecule has 0 atom stereocenters. The van der Waals surface area contributed by atoms with Crippen LogP contribution in [0.3, 0.4) is 0 Å². The van der Waals surface area contributed by atoms with E-state index in [1.807, 2.05) is 35.1 Å². The normalized spacial score (nSPS) is 12.1. The lowest BCUT2D eigenvalue weighted by molar-refractivity contribution is 0.556. The van der Waals surface area contributed by atoms with Gasteiger partial charge in [0.1, 0.15) is 0 Å². The van der Waals surface area contributed by atoms with Gasteiger partial charge in [-0.1, -0.05) is 148 Å². The third kappa shape index (κ3) is 10.1. The molecule has 2 nitrogen and oxygen atoms in total. The minimum absolute atomic E-state index is 0.995. The molecule has 0 saturated heterocycles. The Bertz CT molecular complexity index is 2200. The Labute approximate surface area is 361 Å². The third-order valence-electron chi connectivity index (χ3n) is 11.9. The molecule has 0 bridgehead atoms. The second-order valence-corrected chi connectivity index (χ2v) is 21.0. The standard InChI is InChI=1S/C50H60Br2N2S2/c1-3-5-7-9-11-13-15-17-19-21-24-36-32-43(55-49(36)51)38-30-35-26-23-27-39-45(35)40(31-38)41-34-42(47-48(46(39)41)54-29-28-53-47)44-33-37(50(52)56-44)25-22-20-18-16-14-12-10-8-6-4-2/h23,26-34H,3-22,24-25H2,1-2H3. The van der Waals surface area contributed by atoms with Crippen molar-refractivity contribution in [2.75, 3.05) is 0 Å². The van der Waals surface area contributed by atoms with Crippen molar-refractivity contribution >= 4 is 76.3 Å². The van der Waals surface area contributed by atoms with E-state index in [-0.39, 0.29) is 0 Å². The van der Waals surface area contributed by atoms with Crippen molar-refractivity contribution in [3.63, 3.8) is 0 Å². The summed E-state index contributed by atoms with van der Waals surface area (Å²) in [7, 11) is 0. The van der Waals surface area contributed by atoms with Crippen LogP contribution in [-0.4, -0.2) is 9.97 Å². The predicted molar refractivity (Wildman–Crippen MR) is 255 cm³/mol. The van der Waals surface area contributed by atoms with Gasteiger partial charge >= 0.3 is 0 Å². The Kier molecular flexibility index (Phi) is 15.7. The van der Waals surface area contributed by atoms with Gasteiger partial charge in [-0.2, -0.15) is 0 Å². The molecule has 0 amide bonds. The number of hydrogen-bond acceptors (Lipinski definition) is 4.